The van der Waals surface area contributed by atoms with E-state index in [4.69, 9.17) is 15.3 Å². The second-order valence-electron chi connectivity index (χ2n) is 7.71. The third-order valence-corrected chi connectivity index (χ3v) is 6.79. The molecule has 1 aromatic carbocycles. The number of fused-ring (bicyclic) bond motifs is 2. The van der Waals surface area contributed by atoms with Crippen molar-refractivity contribution >= 4 is 33.9 Å². The van der Waals surface area contributed by atoms with Crippen molar-refractivity contribution in [1.29, 1.82) is 5.26 Å². The molecule has 28 heavy (non-hydrogen) atoms. The van der Waals surface area contributed by atoms with Crippen LogP contribution in [0.1, 0.15) is 36.9 Å². The molecule has 4 heterocycles. The number of imidazole rings is 1. The fourth-order valence-corrected chi connectivity index (χ4v) is 5.14. The van der Waals surface area contributed by atoms with Gasteiger partial charge >= 0.3 is 0 Å². The largest absolute Gasteiger partial charge is 0.275 e. The molecule has 140 valence electrons. The first-order chi connectivity index (χ1) is 13.6. The third-order valence-electron chi connectivity index (χ3n) is 5.82. The average molecular weight is 388 g/mol. The molecule has 4 aromatic rings. The highest BCUT2D eigenvalue weighted by Crippen LogP contribution is 2.35. The van der Waals surface area contributed by atoms with Crippen LogP contribution in [0.3, 0.4) is 0 Å². The molecule has 0 spiro atoms. The second kappa shape index (κ2) is 6.75. The van der Waals surface area contributed by atoms with Crippen LogP contribution in [-0.4, -0.2) is 31.1 Å². The maximum absolute atomic E-state index is 9.09. The van der Waals surface area contributed by atoms with Crippen LogP contribution in [0.4, 0.5) is 0 Å². The molecule has 6 nitrogen and oxygen atoms in total. The van der Waals surface area contributed by atoms with E-state index < -0.39 is 0 Å². The number of nitrogens with zero attached hydrogens (tertiary/aromatic N) is 6. The lowest BCUT2D eigenvalue weighted by atomic mass is 9.41. The molecule has 1 saturated heterocycles. The minimum Gasteiger partial charge on any atom is -0.275 e. The van der Waals surface area contributed by atoms with Gasteiger partial charge in [0.05, 0.1) is 17.4 Å². The first-order valence-electron chi connectivity index (χ1n) is 9.87. The Balaban J connectivity index is 1.47. The summed E-state index contributed by atoms with van der Waals surface area (Å²) in [6, 6.07) is 4.38. The zero-order chi connectivity index (χ0) is 19.3. The van der Waals surface area contributed by atoms with Crippen LogP contribution < -0.4 is 0 Å². The number of aromatic nitrogens is 5. The Bertz CT molecular complexity index is 1170. The Hall–Kier alpha value is -2.66. The van der Waals surface area contributed by atoms with Crippen molar-refractivity contribution in [3.05, 3.63) is 35.8 Å². The highest BCUT2D eigenvalue weighted by molar-refractivity contribution is 7.19. The van der Waals surface area contributed by atoms with Crippen LogP contribution in [0.25, 0.3) is 26.4 Å². The maximum atomic E-state index is 9.09. The van der Waals surface area contributed by atoms with Crippen LogP contribution in [0.15, 0.2) is 24.5 Å². The molecule has 1 aliphatic heterocycles. The van der Waals surface area contributed by atoms with Crippen LogP contribution in [0, 0.1) is 11.2 Å². The zero-order valence-electron chi connectivity index (χ0n) is 16.1. The molecule has 0 radical (unpaired) electrons. The van der Waals surface area contributed by atoms with Crippen LogP contribution >= 0.6 is 11.3 Å². The third kappa shape index (κ3) is 2.90. The van der Waals surface area contributed by atoms with Gasteiger partial charge in [0.15, 0.2) is 0 Å². The Labute approximate surface area is 167 Å². The van der Waals surface area contributed by atoms with Gasteiger partial charge in [-0.15, -0.1) is 0 Å². The molecular weight excluding hydrogens is 367 g/mol. The highest BCUT2D eigenvalue weighted by atomic mass is 32.1. The van der Waals surface area contributed by atoms with Gasteiger partial charge in [-0.25, -0.2) is 14.8 Å². The van der Waals surface area contributed by atoms with E-state index in [1.807, 2.05) is 16.2 Å². The van der Waals surface area contributed by atoms with Crippen LogP contribution in [0.5, 0.6) is 0 Å². The van der Waals surface area contributed by atoms with E-state index in [1.165, 1.54) is 5.56 Å². The number of rotatable bonds is 3. The molecule has 0 N–H and O–H groups in total. The Morgan fingerprint density at radius 2 is 2.07 bits per heavy atom. The van der Waals surface area contributed by atoms with Gasteiger partial charge < -0.3 is 0 Å². The molecule has 0 amide bonds. The van der Waals surface area contributed by atoms with Gasteiger partial charge in [0, 0.05) is 36.1 Å². The molecule has 5 rings (SSSR count). The summed E-state index contributed by atoms with van der Waals surface area (Å²) in [5.74, 6) is 2.86. The first-order valence-corrected chi connectivity index (χ1v) is 10.7. The zero-order valence-corrected chi connectivity index (χ0v) is 16.9. The minimum absolute atomic E-state index is 0.222. The summed E-state index contributed by atoms with van der Waals surface area (Å²) in [4.78, 5) is 5.80. The second-order valence-corrected chi connectivity index (χ2v) is 8.66. The summed E-state index contributed by atoms with van der Waals surface area (Å²) in [6.07, 6.45) is 9.15. The molecule has 1 fully saturated rings. The molecule has 0 saturated carbocycles. The number of benzene rings is 1. The average Bonchev–Trinajstić information content (AvgIpc) is 3.39. The van der Waals surface area contributed by atoms with E-state index in [0.29, 0.717) is 5.92 Å². The smallest absolute Gasteiger partial charge is 0.267 e. The van der Waals surface area contributed by atoms with Gasteiger partial charge in [0.1, 0.15) is 5.01 Å². The summed E-state index contributed by atoms with van der Waals surface area (Å²) in [5.41, 5.74) is 4.57. The SMILES string of the molecule is CCc1cc(-c2nn3cc(C4CCB(C#N)CC4)nc3s2)cc2cn(C)nc12. The van der Waals surface area contributed by atoms with Gasteiger partial charge in [-0.2, -0.15) is 10.2 Å². The minimum atomic E-state index is 0.222. The van der Waals surface area contributed by atoms with Gasteiger partial charge in [0.2, 0.25) is 4.96 Å². The van der Waals surface area contributed by atoms with Gasteiger partial charge in [0.25, 0.3) is 6.71 Å². The molecule has 0 unspecified atom stereocenters. The quantitative estimate of drug-likeness (QED) is 0.490. The first kappa shape index (κ1) is 17.4. The molecule has 8 heteroatoms. The lowest BCUT2D eigenvalue weighted by Crippen LogP contribution is -2.19. The Morgan fingerprint density at radius 3 is 2.79 bits per heavy atom. The number of hydrogen-bond acceptors (Lipinski definition) is 5. The summed E-state index contributed by atoms with van der Waals surface area (Å²) in [6.45, 7) is 2.38. The summed E-state index contributed by atoms with van der Waals surface area (Å²) < 4.78 is 3.79. The monoisotopic (exact) mass is 388 g/mol. The maximum Gasteiger partial charge on any atom is 0.267 e. The fourth-order valence-electron chi connectivity index (χ4n) is 4.27. The molecule has 3 aromatic heterocycles. The van der Waals surface area contributed by atoms with Crippen LogP contribution in [-0.2, 0) is 13.5 Å². The lowest BCUT2D eigenvalue weighted by Gasteiger charge is -2.21. The molecule has 1 aliphatic rings. The van der Waals surface area contributed by atoms with E-state index in [1.54, 1.807) is 11.3 Å². The van der Waals surface area contributed by atoms with Gasteiger partial charge in [-0.1, -0.05) is 43.7 Å². The molecule has 0 atom stereocenters. The van der Waals surface area contributed by atoms with E-state index >= 15 is 0 Å². The normalized spacial score (nSPS) is 15.5. The van der Waals surface area contributed by atoms with Crippen molar-refractivity contribution in [2.24, 2.45) is 7.05 Å². The van der Waals surface area contributed by atoms with E-state index in [-0.39, 0.29) is 6.71 Å². The molecule has 0 bridgehead atoms. The fraction of sp³-hybridized carbons (Fsp3) is 0.400. The predicted molar refractivity (Wildman–Crippen MR) is 113 cm³/mol. The summed E-state index contributed by atoms with van der Waals surface area (Å²) in [7, 11) is 1.96. The summed E-state index contributed by atoms with van der Waals surface area (Å²) >= 11 is 1.64. The number of nitriles is 1. The Kier molecular flexibility index (Phi) is 4.20. The van der Waals surface area contributed by atoms with Crippen LogP contribution in [0.2, 0.25) is 12.6 Å². The van der Waals surface area contributed by atoms with Crippen molar-refractivity contribution in [1.82, 2.24) is 24.4 Å². The highest BCUT2D eigenvalue weighted by Gasteiger charge is 2.27. The number of aryl methyl sites for hydroxylation is 2. The van der Waals surface area contributed by atoms with E-state index in [9.17, 15) is 0 Å². The Morgan fingerprint density at radius 1 is 1.25 bits per heavy atom. The molecular formula is C20H21BN6S. The topological polar surface area (TPSA) is 71.8 Å². The van der Waals surface area contributed by atoms with Crippen molar-refractivity contribution in [3.8, 4) is 16.5 Å². The van der Waals surface area contributed by atoms with Gasteiger partial charge in [-0.05, 0) is 24.1 Å². The van der Waals surface area contributed by atoms with Crippen molar-refractivity contribution < 1.29 is 0 Å². The summed E-state index contributed by atoms with van der Waals surface area (Å²) in [5, 5.41) is 20.6. The number of hydrogen-bond donors (Lipinski definition) is 0. The van der Waals surface area contributed by atoms with Crippen molar-refractivity contribution in [3.63, 3.8) is 0 Å². The predicted octanol–water partition coefficient (Wildman–Crippen LogP) is 4.34. The van der Waals surface area contributed by atoms with E-state index in [0.717, 1.165) is 64.0 Å². The lowest BCUT2D eigenvalue weighted by molar-refractivity contribution is 0.598. The van der Waals surface area contributed by atoms with E-state index in [2.05, 4.69) is 42.5 Å². The van der Waals surface area contributed by atoms with Crippen molar-refractivity contribution in [2.75, 3.05) is 0 Å². The van der Waals surface area contributed by atoms with Crippen molar-refractivity contribution in [2.45, 2.75) is 44.7 Å². The molecule has 0 aliphatic carbocycles. The van der Waals surface area contributed by atoms with Gasteiger partial charge in [-0.3, -0.25) is 4.68 Å². The standard InChI is InChI=1S/C20H21BN6S/c1-3-13-8-15(9-16-10-26(2)24-18(13)16)19-25-27-11-17(23-20(27)28-19)14-4-6-21(12-22)7-5-14/h8-11,14H,3-7H2,1-2H3.